The van der Waals surface area contributed by atoms with Crippen LogP contribution < -0.4 is 11.1 Å². The normalized spacial score (nSPS) is 9.50. The second-order valence-corrected chi connectivity index (χ2v) is 2.83. The third-order valence-electron chi connectivity index (χ3n) is 1.81. The van der Waals surface area contributed by atoms with Crippen LogP contribution in [-0.2, 0) is 0 Å². The molecule has 2 heteroatoms. The Hall–Kier alpha value is -1.44. The Kier molecular flexibility index (Phi) is 2.38. The molecule has 0 aliphatic heterocycles. The second kappa shape index (κ2) is 3.30. The molecular formula is C10H14N2. The van der Waals surface area contributed by atoms with Gasteiger partial charge in [0, 0.05) is 7.05 Å². The van der Waals surface area contributed by atoms with E-state index in [1.54, 1.807) is 0 Å². The van der Waals surface area contributed by atoms with E-state index in [4.69, 9.17) is 5.73 Å². The Morgan fingerprint density at radius 2 is 2.17 bits per heavy atom. The number of hydrogen-bond donors (Lipinski definition) is 2. The van der Waals surface area contributed by atoms with Gasteiger partial charge in [-0.3, -0.25) is 0 Å². The summed E-state index contributed by atoms with van der Waals surface area (Å²) in [7, 11) is 1.85. The van der Waals surface area contributed by atoms with E-state index in [9.17, 15) is 0 Å². The molecule has 1 aromatic carbocycles. The van der Waals surface area contributed by atoms with E-state index in [1.807, 2.05) is 32.2 Å². The molecule has 0 saturated heterocycles. The minimum Gasteiger partial charge on any atom is -0.397 e. The van der Waals surface area contributed by atoms with Crippen molar-refractivity contribution in [2.24, 2.45) is 0 Å². The first kappa shape index (κ1) is 8.65. The molecule has 1 aromatic rings. The third-order valence-corrected chi connectivity index (χ3v) is 1.81. The predicted octanol–water partition coefficient (Wildman–Crippen LogP) is 2.34. The first-order chi connectivity index (χ1) is 5.65. The highest BCUT2D eigenvalue weighted by Gasteiger charge is 1.98. The number of nitrogens with two attached hydrogens (primary N) is 1. The molecule has 0 fully saturated rings. The van der Waals surface area contributed by atoms with Crippen molar-refractivity contribution in [2.45, 2.75) is 6.92 Å². The molecular weight excluding hydrogens is 148 g/mol. The zero-order valence-electron chi connectivity index (χ0n) is 7.52. The highest BCUT2D eigenvalue weighted by atomic mass is 14.8. The van der Waals surface area contributed by atoms with E-state index in [2.05, 4.69) is 11.9 Å². The lowest BCUT2D eigenvalue weighted by atomic mass is 10.1. The average Bonchev–Trinajstić information content (AvgIpc) is 2.04. The fraction of sp³-hybridized carbons (Fsp3) is 0.200. The van der Waals surface area contributed by atoms with Crippen molar-refractivity contribution in [3.05, 3.63) is 30.3 Å². The van der Waals surface area contributed by atoms with Gasteiger partial charge in [-0.1, -0.05) is 18.2 Å². The lowest BCUT2D eigenvalue weighted by Crippen LogP contribution is -1.95. The van der Waals surface area contributed by atoms with Gasteiger partial charge in [-0.15, -0.1) is 0 Å². The second-order valence-electron chi connectivity index (χ2n) is 2.83. The molecule has 0 aliphatic carbocycles. The third kappa shape index (κ3) is 1.59. The van der Waals surface area contributed by atoms with Crippen molar-refractivity contribution in [1.29, 1.82) is 0 Å². The minimum atomic E-state index is 0.762. The molecule has 0 bridgehead atoms. The fourth-order valence-electron chi connectivity index (χ4n) is 1.06. The van der Waals surface area contributed by atoms with Gasteiger partial charge in [0.15, 0.2) is 0 Å². The highest BCUT2D eigenvalue weighted by Crippen LogP contribution is 2.22. The van der Waals surface area contributed by atoms with E-state index in [1.165, 1.54) is 0 Å². The van der Waals surface area contributed by atoms with Crippen molar-refractivity contribution in [3.63, 3.8) is 0 Å². The zero-order chi connectivity index (χ0) is 9.14. The molecule has 0 aliphatic rings. The maximum atomic E-state index is 5.77. The van der Waals surface area contributed by atoms with Crippen LogP contribution in [0.4, 0.5) is 11.4 Å². The summed E-state index contributed by atoms with van der Waals surface area (Å²) >= 11 is 0. The monoisotopic (exact) mass is 162 g/mol. The lowest BCUT2D eigenvalue weighted by Gasteiger charge is -2.06. The minimum absolute atomic E-state index is 0.762. The van der Waals surface area contributed by atoms with E-state index >= 15 is 0 Å². The Labute approximate surface area is 73.1 Å². The maximum Gasteiger partial charge on any atom is 0.0571 e. The Bertz CT molecular complexity index is 303. The highest BCUT2D eigenvalue weighted by molar-refractivity contribution is 5.73. The van der Waals surface area contributed by atoms with Crippen LogP contribution in [0.1, 0.15) is 12.5 Å². The summed E-state index contributed by atoms with van der Waals surface area (Å²) < 4.78 is 0. The molecule has 0 amide bonds. The SMILES string of the molecule is C=C(C)c1ccc(NC)c(N)c1. The van der Waals surface area contributed by atoms with Crippen LogP contribution in [0.25, 0.3) is 5.57 Å². The number of anilines is 2. The van der Waals surface area contributed by atoms with E-state index < -0.39 is 0 Å². The number of hydrogen-bond acceptors (Lipinski definition) is 2. The number of nitrogen functional groups attached to an aromatic ring is 1. The Balaban J connectivity index is 3.10. The maximum absolute atomic E-state index is 5.77. The average molecular weight is 162 g/mol. The van der Waals surface area contributed by atoms with E-state index in [-0.39, 0.29) is 0 Å². The zero-order valence-corrected chi connectivity index (χ0v) is 7.52. The summed E-state index contributed by atoms with van der Waals surface area (Å²) in [4.78, 5) is 0. The Morgan fingerprint density at radius 1 is 1.50 bits per heavy atom. The van der Waals surface area contributed by atoms with Gasteiger partial charge in [0.25, 0.3) is 0 Å². The number of benzene rings is 1. The quantitative estimate of drug-likeness (QED) is 0.655. The lowest BCUT2D eigenvalue weighted by molar-refractivity contribution is 1.49. The van der Waals surface area contributed by atoms with Gasteiger partial charge in [-0.05, 0) is 24.6 Å². The van der Waals surface area contributed by atoms with Gasteiger partial charge in [-0.25, -0.2) is 0 Å². The van der Waals surface area contributed by atoms with Crippen molar-refractivity contribution in [2.75, 3.05) is 18.1 Å². The molecule has 12 heavy (non-hydrogen) atoms. The first-order valence-electron chi connectivity index (χ1n) is 3.88. The van der Waals surface area contributed by atoms with Crippen LogP contribution in [-0.4, -0.2) is 7.05 Å². The van der Waals surface area contributed by atoms with Crippen LogP contribution in [0, 0.1) is 0 Å². The molecule has 0 atom stereocenters. The van der Waals surface area contributed by atoms with Gasteiger partial charge >= 0.3 is 0 Å². The van der Waals surface area contributed by atoms with Crippen LogP contribution in [0.15, 0.2) is 24.8 Å². The van der Waals surface area contributed by atoms with Crippen molar-refractivity contribution >= 4 is 16.9 Å². The summed E-state index contributed by atoms with van der Waals surface area (Å²) in [5, 5.41) is 3.01. The van der Waals surface area contributed by atoms with Crippen LogP contribution in [0.5, 0.6) is 0 Å². The molecule has 64 valence electrons. The molecule has 0 saturated carbocycles. The van der Waals surface area contributed by atoms with Crippen LogP contribution in [0.2, 0.25) is 0 Å². The largest absolute Gasteiger partial charge is 0.397 e. The van der Waals surface area contributed by atoms with E-state index in [0.717, 1.165) is 22.5 Å². The molecule has 3 N–H and O–H groups in total. The molecule has 0 radical (unpaired) electrons. The van der Waals surface area contributed by atoms with Gasteiger partial charge in [0.1, 0.15) is 0 Å². The van der Waals surface area contributed by atoms with Crippen molar-refractivity contribution < 1.29 is 0 Å². The number of rotatable bonds is 2. The molecule has 0 spiro atoms. The predicted molar refractivity (Wildman–Crippen MR) is 55.1 cm³/mol. The molecule has 0 unspecified atom stereocenters. The Morgan fingerprint density at radius 3 is 2.58 bits per heavy atom. The molecule has 0 aromatic heterocycles. The van der Waals surface area contributed by atoms with Crippen molar-refractivity contribution in [1.82, 2.24) is 0 Å². The van der Waals surface area contributed by atoms with Gasteiger partial charge in [0.2, 0.25) is 0 Å². The fourth-order valence-corrected chi connectivity index (χ4v) is 1.06. The van der Waals surface area contributed by atoms with Crippen molar-refractivity contribution in [3.8, 4) is 0 Å². The van der Waals surface area contributed by atoms with Gasteiger partial charge in [-0.2, -0.15) is 0 Å². The van der Waals surface area contributed by atoms with E-state index in [0.29, 0.717) is 0 Å². The standard InChI is InChI=1S/C10H14N2/c1-7(2)8-4-5-10(12-3)9(11)6-8/h4-6,12H,1,11H2,2-3H3. The first-order valence-corrected chi connectivity index (χ1v) is 3.88. The summed E-state index contributed by atoms with van der Waals surface area (Å²) in [6.07, 6.45) is 0. The summed E-state index contributed by atoms with van der Waals surface area (Å²) in [6, 6.07) is 5.89. The summed E-state index contributed by atoms with van der Waals surface area (Å²) in [5.74, 6) is 0. The molecule has 0 heterocycles. The smallest absolute Gasteiger partial charge is 0.0571 e. The van der Waals surface area contributed by atoms with Gasteiger partial charge in [0.05, 0.1) is 11.4 Å². The number of allylic oxidation sites excluding steroid dienone is 1. The molecule has 2 nitrogen and oxygen atoms in total. The van der Waals surface area contributed by atoms with Crippen LogP contribution in [0.3, 0.4) is 0 Å². The summed E-state index contributed by atoms with van der Waals surface area (Å²) in [6.45, 7) is 5.81. The topological polar surface area (TPSA) is 38.0 Å². The summed E-state index contributed by atoms with van der Waals surface area (Å²) in [5.41, 5.74) is 9.61. The van der Waals surface area contributed by atoms with Crippen LogP contribution >= 0.6 is 0 Å². The molecule has 1 rings (SSSR count). The number of nitrogens with one attached hydrogen (secondary N) is 1. The van der Waals surface area contributed by atoms with Gasteiger partial charge < -0.3 is 11.1 Å².